The van der Waals surface area contributed by atoms with Crippen LogP contribution in [0.4, 0.5) is 0 Å². The van der Waals surface area contributed by atoms with E-state index in [0.29, 0.717) is 19.0 Å². The van der Waals surface area contributed by atoms with Crippen molar-refractivity contribution in [3.63, 3.8) is 0 Å². The highest BCUT2D eigenvalue weighted by Crippen LogP contribution is 2.29. The van der Waals surface area contributed by atoms with E-state index in [9.17, 15) is 4.79 Å². The molecule has 2 rings (SSSR count). The van der Waals surface area contributed by atoms with Gasteiger partial charge in [-0.25, -0.2) is 0 Å². The zero-order valence-corrected chi connectivity index (χ0v) is 6.02. The maximum atomic E-state index is 10.9. The minimum absolute atomic E-state index is 0.0368. The second-order valence-corrected chi connectivity index (χ2v) is 2.93. The Labute approximate surface area is 62.4 Å². The van der Waals surface area contributed by atoms with Gasteiger partial charge in [-0.3, -0.25) is 4.79 Å². The summed E-state index contributed by atoms with van der Waals surface area (Å²) in [6.45, 7) is 1.09. The van der Waals surface area contributed by atoms with Crippen LogP contribution in [0.25, 0.3) is 0 Å². The van der Waals surface area contributed by atoms with Crippen LogP contribution in [0.2, 0.25) is 0 Å². The van der Waals surface area contributed by atoms with Crippen molar-refractivity contribution in [3.8, 4) is 0 Å². The van der Waals surface area contributed by atoms with Gasteiger partial charge in [0.15, 0.2) is 6.10 Å². The topological polar surface area (TPSA) is 35.5 Å². The van der Waals surface area contributed by atoms with E-state index in [1.165, 1.54) is 0 Å². The summed E-state index contributed by atoms with van der Waals surface area (Å²) in [5.41, 5.74) is 0. The lowest BCUT2D eigenvalue weighted by atomic mass is 10.3. The van der Waals surface area contributed by atoms with E-state index >= 15 is 0 Å². The fourth-order valence-electron chi connectivity index (χ4n) is 0.941. The third kappa shape index (κ3) is 0.839. The van der Waals surface area contributed by atoms with E-state index < -0.39 is 6.10 Å². The van der Waals surface area contributed by atoms with Crippen LogP contribution >= 0.6 is 11.8 Å². The summed E-state index contributed by atoms with van der Waals surface area (Å²) in [5.74, 6) is 0.682. The van der Waals surface area contributed by atoms with Crippen molar-refractivity contribution in [2.45, 2.75) is 6.10 Å². The van der Waals surface area contributed by atoms with E-state index in [2.05, 4.69) is 0 Å². The first-order chi connectivity index (χ1) is 4.88. The zero-order chi connectivity index (χ0) is 6.97. The van der Waals surface area contributed by atoms with E-state index in [0.717, 1.165) is 11.8 Å². The van der Waals surface area contributed by atoms with Crippen LogP contribution in [0, 0.1) is 0 Å². The maximum Gasteiger partial charge on any atom is 0.229 e. The van der Waals surface area contributed by atoms with Gasteiger partial charge in [0, 0.05) is 5.41 Å². The SMILES string of the molecule is O=C1SC=C2OCCOC12. The molecule has 1 fully saturated rings. The Balaban J connectivity index is 2.18. The van der Waals surface area contributed by atoms with Crippen LogP contribution in [0.1, 0.15) is 0 Å². The average Bonchev–Trinajstić information content (AvgIpc) is 2.34. The molecule has 0 aliphatic carbocycles. The number of thioether (sulfide) groups is 1. The predicted octanol–water partition coefficient (Wildman–Crippen LogP) is 0.517. The van der Waals surface area contributed by atoms with Crippen LogP contribution in [0.15, 0.2) is 11.2 Å². The van der Waals surface area contributed by atoms with Crippen molar-refractivity contribution in [2.24, 2.45) is 0 Å². The standard InChI is InChI=1S/C6H6O3S/c7-6-5-4(3-10-6)8-1-2-9-5/h3,5H,1-2H2. The summed E-state index contributed by atoms with van der Waals surface area (Å²) < 4.78 is 10.3. The Morgan fingerprint density at radius 2 is 2.50 bits per heavy atom. The number of carbonyl (C=O) groups is 1. The first kappa shape index (κ1) is 6.24. The van der Waals surface area contributed by atoms with Crippen molar-refractivity contribution in [1.29, 1.82) is 0 Å². The van der Waals surface area contributed by atoms with Crippen molar-refractivity contribution in [2.75, 3.05) is 13.2 Å². The third-order valence-electron chi connectivity index (χ3n) is 1.40. The van der Waals surface area contributed by atoms with Gasteiger partial charge in [-0.2, -0.15) is 0 Å². The molecule has 2 aliphatic rings. The molecule has 0 aromatic heterocycles. The number of carbonyl (C=O) groups excluding carboxylic acids is 1. The first-order valence-electron chi connectivity index (χ1n) is 3.03. The van der Waals surface area contributed by atoms with Gasteiger partial charge in [0.25, 0.3) is 0 Å². The molecule has 54 valence electrons. The number of hydrogen-bond donors (Lipinski definition) is 0. The molecule has 0 amide bonds. The second kappa shape index (κ2) is 2.29. The summed E-state index contributed by atoms with van der Waals surface area (Å²) in [4.78, 5) is 10.9. The molecule has 0 aromatic carbocycles. The minimum Gasteiger partial charge on any atom is -0.492 e. The minimum atomic E-state index is -0.404. The lowest BCUT2D eigenvalue weighted by Gasteiger charge is -2.20. The van der Waals surface area contributed by atoms with Crippen molar-refractivity contribution >= 4 is 16.9 Å². The van der Waals surface area contributed by atoms with Crippen molar-refractivity contribution in [3.05, 3.63) is 11.2 Å². The molecular weight excluding hydrogens is 152 g/mol. The highest BCUT2D eigenvalue weighted by molar-refractivity contribution is 8.16. The molecule has 4 heteroatoms. The fourth-order valence-corrected chi connectivity index (χ4v) is 1.67. The maximum absolute atomic E-state index is 10.9. The molecule has 0 aromatic rings. The Morgan fingerprint density at radius 3 is 3.30 bits per heavy atom. The first-order valence-corrected chi connectivity index (χ1v) is 3.91. The molecule has 0 saturated carbocycles. The molecule has 2 aliphatic heterocycles. The Hall–Kier alpha value is -0.480. The average molecular weight is 158 g/mol. The molecule has 1 atom stereocenters. The van der Waals surface area contributed by atoms with Crippen LogP contribution in [0.5, 0.6) is 0 Å². The van der Waals surface area contributed by atoms with Gasteiger partial charge in [0.05, 0.1) is 6.61 Å². The lowest BCUT2D eigenvalue weighted by Crippen LogP contribution is -2.28. The van der Waals surface area contributed by atoms with Crippen LogP contribution in [-0.2, 0) is 14.3 Å². The largest absolute Gasteiger partial charge is 0.492 e. The number of ether oxygens (including phenoxy) is 2. The monoisotopic (exact) mass is 158 g/mol. The molecule has 1 saturated heterocycles. The van der Waals surface area contributed by atoms with Gasteiger partial charge < -0.3 is 9.47 Å². The highest BCUT2D eigenvalue weighted by atomic mass is 32.2. The fraction of sp³-hybridized carbons (Fsp3) is 0.500. The summed E-state index contributed by atoms with van der Waals surface area (Å²) >= 11 is 1.15. The summed E-state index contributed by atoms with van der Waals surface area (Å²) in [6, 6.07) is 0. The molecule has 0 radical (unpaired) electrons. The Morgan fingerprint density at radius 1 is 1.60 bits per heavy atom. The molecule has 1 unspecified atom stereocenters. The summed E-state index contributed by atoms with van der Waals surface area (Å²) in [5, 5.41) is 1.75. The summed E-state index contributed by atoms with van der Waals surface area (Å²) in [6.07, 6.45) is -0.404. The van der Waals surface area contributed by atoms with E-state index in [-0.39, 0.29) is 5.12 Å². The quantitative estimate of drug-likeness (QED) is 0.514. The zero-order valence-electron chi connectivity index (χ0n) is 5.20. The molecule has 0 N–H and O–H groups in total. The smallest absolute Gasteiger partial charge is 0.229 e. The van der Waals surface area contributed by atoms with E-state index in [4.69, 9.17) is 9.47 Å². The lowest BCUT2D eigenvalue weighted by molar-refractivity contribution is -0.126. The molecule has 0 spiro atoms. The van der Waals surface area contributed by atoms with E-state index in [1.54, 1.807) is 5.41 Å². The second-order valence-electron chi connectivity index (χ2n) is 2.06. The summed E-state index contributed by atoms with van der Waals surface area (Å²) in [7, 11) is 0. The van der Waals surface area contributed by atoms with Gasteiger partial charge in [0.2, 0.25) is 5.12 Å². The predicted molar refractivity (Wildman–Crippen MR) is 36.4 cm³/mol. The van der Waals surface area contributed by atoms with Crippen LogP contribution in [0.3, 0.4) is 0 Å². The molecular formula is C6H6O3S. The molecule has 10 heavy (non-hydrogen) atoms. The number of fused-ring (bicyclic) bond motifs is 1. The molecule has 2 heterocycles. The highest BCUT2D eigenvalue weighted by Gasteiger charge is 2.33. The molecule has 3 nitrogen and oxygen atoms in total. The van der Waals surface area contributed by atoms with E-state index in [1.807, 2.05) is 0 Å². The van der Waals surface area contributed by atoms with Gasteiger partial charge in [-0.1, -0.05) is 11.8 Å². The normalized spacial score (nSPS) is 31.0. The Kier molecular flexibility index (Phi) is 1.43. The number of hydrogen-bond acceptors (Lipinski definition) is 4. The van der Waals surface area contributed by atoms with Gasteiger partial charge in [0.1, 0.15) is 12.4 Å². The molecule has 0 bridgehead atoms. The van der Waals surface area contributed by atoms with Crippen molar-refractivity contribution in [1.82, 2.24) is 0 Å². The third-order valence-corrected chi connectivity index (χ3v) is 2.20. The van der Waals surface area contributed by atoms with Gasteiger partial charge in [-0.15, -0.1) is 0 Å². The van der Waals surface area contributed by atoms with Gasteiger partial charge in [-0.05, 0) is 0 Å². The Bertz CT molecular complexity index is 199. The van der Waals surface area contributed by atoms with Crippen LogP contribution in [-0.4, -0.2) is 24.4 Å². The van der Waals surface area contributed by atoms with Gasteiger partial charge >= 0.3 is 0 Å². The van der Waals surface area contributed by atoms with Crippen LogP contribution < -0.4 is 0 Å². The number of rotatable bonds is 0. The van der Waals surface area contributed by atoms with Crippen molar-refractivity contribution < 1.29 is 14.3 Å².